The van der Waals surface area contributed by atoms with E-state index in [0.29, 0.717) is 89.0 Å². The Labute approximate surface area is 450 Å². The molecule has 4 atom stereocenters. The first-order chi connectivity index (χ1) is 37.1. The summed E-state index contributed by atoms with van der Waals surface area (Å²) in [5.74, 6) is 1.25. The van der Waals surface area contributed by atoms with Crippen molar-refractivity contribution in [1.29, 1.82) is 0 Å². The van der Waals surface area contributed by atoms with Gasteiger partial charge in [-0.2, -0.15) is 10.2 Å². The normalized spacial score (nSPS) is 20.1. The van der Waals surface area contributed by atoms with Crippen molar-refractivity contribution in [2.75, 3.05) is 70.0 Å². The highest BCUT2D eigenvalue weighted by atomic mass is 19.1. The van der Waals surface area contributed by atoms with Crippen molar-refractivity contribution in [3.05, 3.63) is 108 Å². The monoisotopic (exact) mass is 1060 g/mol. The van der Waals surface area contributed by atoms with Gasteiger partial charge in [-0.05, 0) is 127 Å². The number of aromatic nitrogens is 8. The number of nitrogens with one attached hydrogen (secondary N) is 3. The lowest BCUT2D eigenvalue weighted by atomic mass is 9.99. The molecule has 8 heterocycles. The minimum absolute atomic E-state index is 0.167. The van der Waals surface area contributed by atoms with E-state index in [1.807, 2.05) is 79.9 Å². The maximum atomic E-state index is 14.5. The lowest BCUT2D eigenvalue weighted by Crippen LogP contribution is -2.55. The van der Waals surface area contributed by atoms with Crippen LogP contribution in [0.3, 0.4) is 0 Å². The van der Waals surface area contributed by atoms with E-state index in [1.165, 1.54) is 0 Å². The van der Waals surface area contributed by atoms with Gasteiger partial charge in [0.1, 0.15) is 12.3 Å². The van der Waals surface area contributed by atoms with Crippen LogP contribution in [-0.4, -0.2) is 162 Å². The second-order valence-corrected chi connectivity index (χ2v) is 21.4. The van der Waals surface area contributed by atoms with Crippen LogP contribution in [0.2, 0.25) is 0 Å². The molecule has 4 saturated heterocycles. The van der Waals surface area contributed by atoms with Gasteiger partial charge in [-0.1, -0.05) is 24.3 Å². The highest BCUT2D eigenvalue weighted by molar-refractivity contribution is 5.78. The van der Waals surface area contributed by atoms with E-state index in [0.717, 1.165) is 70.0 Å². The Morgan fingerprint density at radius 2 is 1.16 bits per heavy atom. The van der Waals surface area contributed by atoms with E-state index in [-0.39, 0.29) is 48.3 Å². The quantitative estimate of drug-likeness (QED) is 0.0752. The number of alkyl halides is 2. The first-order valence-electron chi connectivity index (χ1n) is 27.1. The zero-order valence-corrected chi connectivity index (χ0v) is 45.4. The van der Waals surface area contributed by atoms with Gasteiger partial charge in [-0.25, -0.2) is 28.7 Å². The molecular weight excluding hydrogens is 983 g/mol. The maximum absolute atomic E-state index is 14.5. The number of amides is 2. The van der Waals surface area contributed by atoms with E-state index < -0.39 is 12.3 Å². The molecule has 20 heteroatoms. The number of rotatable bonds is 18. The van der Waals surface area contributed by atoms with Crippen LogP contribution in [-0.2, 0) is 31.9 Å². The van der Waals surface area contributed by atoms with Crippen LogP contribution < -0.4 is 16.0 Å². The van der Waals surface area contributed by atoms with Crippen molar-refractivity contribution in [3.63, 3.8) is 0 Å². The Morgan fingerprint density at radius 1 is 0.675 bits per heavy atom. The van der Waals surface area contributed by atoms with Crippen LogP contribution in [0.15, 0.2) is 85.7 Å². The molecule has 4 aromatic heterocycles. The molecule has 18 nitrogen and oxygen atoms in total. The largest absolute Gasteiger partial charge is 0.372 e. The summed E-state index contributed by atoms with van der Waals surface area (Å²) < 4.78 is 43.7. The number of carbonyl (C=O) groups is 2. The van der Waals surface area contributed by atoms with Crippen LogP contribution in [0.4, 0.5) is 32.1 Å². The predicted octanol–water partition coefficient (Wildman–Crippen LogP) is 8.01. The lowest BCUT2D eigenvalue weighted by Gasteiger charge is -2.40. The molecule has 0 bridgehead atoms. The molecule has 0 radical (unpaired) electrons. The van der Waals surface area contributed by atoms with Gasteiger partial charge < -0.3 is 40.1 Å². The maximum Gasteiger partial charge on any atom is 0.227 e. The summed E-state index contributed by atoms with van der Waals surface area (Å²) in [5.41, 5.74) is 9.53. The average molecular weight is 1060 g/mol. The summed E-state index contributed by atoms with van der Waals surface area (Å²) in [6, 6.07) is 15.6. The zero-order chi connectivity index (χ0) is 54.2. The van der Waals surface area contributed by atoms with Crippen molar-refractivity contribution in [2.24, 2.45) is 0 Å². The molecule has 2 amide bonds. The molecule has 10 rings (SSSR count). The molecule has 2 aromatic carbocycles. The van der Waals surface area contributed by atoms with Gasteiger partial charge in [0.15, 0.2) is 0 Å². The first kappa shape index (κ1) is 55.0. The third kappa shape index (κ3) is 14.4. The lowest BCUT2D eigenvalue weighted by molar-refractivity contribution is -0.148. The molecule has 0 saturated carbocycles. The van der Waals surface area contributed by atoms with Crippen molar-refractivity contribution >= 4 is 35.1 Å². The number of carbonyl (C=O) groups excluding carboxylic acids is 2. The summed E-state index contributed by atoms with van der Waals surface area (Å²) in [6.07, 6.45) is 13.0. The van der Waals surface area contributed by atoms with Crippen LogP contribution >= 0.6 is 0 Å². The number of aryl methyl sites for hydroxylation is 4. The number of nitrogens with zero attached hydrogens (tertiary/aromatic N) is 11. The number of ether oxygens (including phenoxy) is 2. The molecule has 410 valence electrons. The van der Waals surface area contributed by atoms with Gasteiger partial charge in [-0.3, -0.25) is 19.0 Å². The molecule has 4 aliphatic rings. The number of piperidine rings is 2. The Balaban J connectivity index is 0.000000188. The van der Waals surface area contributed by atoms with Crippen LogP contribution in [0.5, 0.6) is 0 Å². The standard InChI is InChI=1S/C29H38FN7O2.C28H36FN7O2/c1-19(2)39-24-16-36(17-24)28(38)8-7-21-5-6-22(13-20(21)3)26-9-11-31-29(34-26)33-23-14-32-37(15-23)27-10-12-35(4)18-25(27)30;1-18(2)38-23-16-35(17-23)27(37)7-6-20-4-5-21(12-19(20)3)25-8-11-31-28(34-25)33-22-13-32-36(15-22)26-9-10-30-14-24(26)29/h5-6,9,11,13-15,19,24-25,27H,7-8,10,12,16-18H2,1-4H3,(H,31,33,34);4-5,8,11-13,15,18,23-24,26,30H,6-7,9-10,14,16-17H2,1-3H3,(H,31,33,34)/t25-,27-;24-,26-/m00/s1. The Bertz CT molecular complexity index is 2940. The Morgan fingerprint density at radius 3 is 1.60 bits per heavy atom. The summed E-state index contributed by atoms with van der Waals surface area (Å²) >= 11 is 0. The highest BCUT2D eigenvalue weighted by Crippen LogP contribution is 2.29. The van der Waals surface area contributed by atoms with Gasteiger partial charge >= 0.3 is 0 Å². The third-order valence-corrected chi connectivity index (χ3v) is 14.6. The van der Waals surface area contributed by atoms with Gasteiger partial charge in [0, 0.05) is 94.6 Å². The fourth-order valence-corrected chi connectivity index (χ4v) is 10.3. The third-order valence-electron chi connectivity index (χ3n) is 14.6. The summed E-state index contributed by atoms with van der Waals surface area (Å²) in [6.45, 7) is 17.3. The van der Waals surface area contributed by atoms with E-state index in [9.17, 15) is 18.4 Å². The Hall–Kier alpha value is -6.74. The molecule has 3 N–H and O–H groups in total. The summed E-state index contributed by atoms with van der Waals surface area (Å²) in [7, 11) is 1.94. The topological polar surface area (TPSA) is 186 Å². The van der Waals surface area contributed by atoms with E-state index in [4.69, 9.17) is 9.47 Å². The van der Waals surface area contributed by atoms with Gasteiger partial charge in [-0.15, -0.1) is 0 Å². The minimum atomic E-state index is -0.965. The van der Waals surface area contributed by atoms with Crippen molar-refractivity contribution in [2.45, 2.75) is 129 Å². The highest BCUT2D eigenvalue weighted by Gasteiger charge is 2.33. The second kappa shape index (κ2) is 25.2. The fourth-order valence-electron chi connectivity index (χ4n) is 10.3. The van der Waals surface area contributed by atoms with E-state index >= 15 is 0 Å². The molecule has 0 aliphatic carbocycles. The molecule has 0 spiro atoms. The van der Waals surface area contributed by atoms with Crippen molar-refractivity contribution in [3.8, 4) is 22.5 Å². The summed E-state index contributed by atoms with van der Waals surface area (Å²) in [5, 5.41) is 18.2. The van der Waals surface area contributed by atoms with Crippen LogP contribution in [0, 0.1) is 13.8 Å². The predicted molar refractivity (Wildman–Crippen MR) is 293 cm³/mol. The van der Waals surface area contributed by atoms with Crippen molar-refractivity contribution < 1.29 is 27.8 Å². The molecule has 0 unspecified atom stereocenters. The number of likely N-dealkylation sites (tertiary alicyclic amines) is 3. The van der Waals surface area contributed by atoms with Crippen molar-refractivity contribution in [1.82, 2.24) is 59.5 Å². The number of hydrogen-bond donors (Lipinski definition) is 3. The summed E-state index contributed by atoms with van der Waals surface area (Å²) in [4.78, 5) is 48.9. The molecular formula is C57H74F2N14O4. The van der Waals surface area contributed by atoms with Crippen LogP contribution in [0.25, 0.3) is 22.5 Å². The average Bonchev–Trinajstić information content (AvgIpc) is 4.05. The number of halogens is 2. The molecule has 4 fully saturated rings. The second-order valence-electron chi connectivity index (χ2n) is 21.4. The SMILES string of the molecule is Cc1cc(-c2ccnc(Nc3cnn([C@H]4CCN(C)C[C@@H]4F)c3)n2)ccc1CCC(=O)N1CC(OC(C)C)C1.Cc1cc(-c2ccnc(Nc3cnn([C@H]4CCNC[C@@H]4F)c3)n2)ccc1CCC(=O)N1CC(OC(C)C)C1. The first-order valence-corrected chi connectivity index (χ1v) is 27.1. The number of hydrogen-bond acceptors (Lipinski definition) is 14. The van der Waals surface area contributed by atoms with E-state index in [2.05, 4.69) is 84.2 Å². The molecule has 4 aliphatic heterocycles. The molecule has 77 heavy (non-hydrogen) atoms. The number of anilines is 4. The minimum Gasteiger partial charge on any atom is -0.372 e. The molecule has 6 aromatic rings. The van der Waals surface area contributed by atoms with Gasteiger partial charge in [0.25, 0.3) is 0 Å². The van der Waals surface area contributed by atoms with Crippen LogP contribution in [0.1, 0.15) is 87.7 Å². The number of benzene rings is 2. The Kier molecular flexibility index (Phi) is 18.0. The van der Waals surface area contributed by atoms with Gasteiger partial charge in [0.05, 0.1) is 71.7 Å². The fraction of sp³-hybridized carbons (Fsp3) is 0.509. The smallest absolute Gasteiger partial charge is 0.227 e. The van der Waals surface area contributed by atoms with Gasteiger partial charge in [0.2, 0.25) is 23.7 Å². The zero-order valence-electron chi connectivity index (χ0n) is 45.4. The van der Waals surface area contributed by atoms with E-state index in [1.54, 1.807) is 40.3 Å².